The fourth-order valence-corrected chi connectivity index (χ4v) is 3.44. The Morgan fingerprint density at radius 3 is 2.72 bits per heavy atom. The number of nitrogens with one attached hydrogen (secondary N) is 2. The van der Waals surface area contributed by atoms with E-state index >= 15 is 0 Å². The normalized spacial score (nSPS) is 10.9. The number of aryl methyl sites for hydroxylation is 2. The van der Waals surface area contributed by atoms with E-state index in [9.17, 15) is 4.79 Å². The minimum atomic E-state index is -0.352. The van der Waals surface area contributed by atoms with Crippen LogP contribution >= 0.6 is 0 Å². The predicted molar refractivity (Wildman–Crippen MR) is 137 cm³/mol. The number of pyridine rings is 3. The molecule has 0 saturated heterocycles. The second-order valence-corrected chi connectivity index (χ2v) is 8.10. The third-order valence-electron chi connectivity index (χ3n) is 5.30. The van der Waals surface area contributed by atoms with Crippen molar-refractivity contribution in [2.45, 2.75) is 20.4 Å². The van der Waals surface area contributed by atoms with Crippen molar-refractivity contribution in [2.75, 3.05) is 37.6 Å². The monoisotopic (exact) mass is 487 g/mol. The van der Waals surface area contributed by atoms with Crippen molar-refractivity contribution in [3.8, 4) is 11.4 Å². The maximum atomic E-state index is 13.2. The summed E-state index contributed by atoms with van der Waals surface area (Å²) in [5.41, 5.74) is 4.79. The first-order valence-electron chi connectivity index (χ1n) is 11.6. The lowest BCUT2D eigenvalue weighted by Gasteiger charge is -2.10. The number of nitrogens with zero attached hydrogens (tertiary/aromatic N) is 5. The van der Waals surface area contributed by atoms with Gasteiger partial charge in [0.1, 0.15) is 17.2 Å². The maximum Gasteiger partial charge on any atom is 0.274 e. The van der Waals surface area contributed by atoms with E-state index in [1.165, 1.54) is 0 Å². The molecule has 0 aromatic carbocycles. The quantitative estimate of drug-likeness (QED) is 0.305. The first-order valence-corrected chi connectivity index (χ1v) is 11.6. The van der Waals surface area contributed by atoms with Gasteiger partial charge in [0.25, 0.3) is 5.91 Å². The Morgan fingerprint density at radius 2 is 1.92 bits per heavy atom. The van der Waals surface area contributed by atoms with Gasteiger partial charge in [-0.2, -0.15) is 5.10 Å². The molecule has 36 heavy (non-hydrogen) atoms. The number of methoxy groups -OCH3 is 1. The van der Waals surface area contributed by atoms with Gasteiger partial charge in [0, 0.05) is 37.1 Å². The highest BCUT2D eigenvalue weighted by atomic mass is 16.5. The van der Waals surface area contributed by atoms with Gasteiger partial charge in [-0.1, -0.05) is 12.1 Å². The molecular formula is C26H29N7O3. The summed E-state index contributed by atoms with van der Waals surface area (Å²) in [7, 11) is 1.63. The van der Waals surface area contributed by atoms with Crippen LogP contribution in [0.1, 0.15) is 21.7 Å². The topological polar surface area (TPSA) is 116 Å². The standard InChI is InChI=1S/C26H29N7O3/c1-18-16-28-19(2)15-22(18)30-24-9-6-8-21(29-24)26(34)31-23-17-33(11-12-36-14-13-35-3)32-25(23)20-7-4-5-10-27-20/h4-10,15-17H,11-14H2,1-3H3,(H,31,34)(H,28,29,30). The van der Waals surface area contributed by atoms with Crippen LogP contribution in [0.2, 0.25) is 0 Å². The molecule has 4 heterocycles. The van der Waals surface area contributed by atoms with Crippen molar-refractivity contribution in [1.82, 2.24) is 24.7 Å². The van der Waals surface area contributed by atoms with Crippen LogP contribution in [0.15, 0.2) is 61.1 Å². The zero-order valence-corrected chi connectivity index (χ0v) is 20.6. The minimum absolute atomic E-state index is 0.269. The van der Waals surface area contributed by atoms with E-state index < -0.39 is 0 Å². The molecule has 10 nitrogen and oxygen atoms in total. The van der Waals surface area contributed by atoms with Crippen LogP contribution in [0.5, 0.6) is 0 Å². The van der Waals surface area contributed by atoms with E-state index in [1.54, 1.807) is 42.5 Å². The third-order valence-corrected chi connectivity index (χ3v) is 5.30. The number of carbonyl (C=O) groups excluding carboxylic acids is 1. The average molecular weight is 488 g/mol. The predicted octanol–water partition coefficient (Wildman–Crippen LogP) is 4.01. The summed E-state index contributed by atoms with van der Waals surface area (Å²) in [4.78, 5) is 26.3. The number of hydrogen-bond acceptors (Lipinski definition) is 8. The molecule has 0 aliphatic rings. The van der Waals surface area contributed by atoms with Crippen LogP contribution in [0.3, 0.4) is 0 Å². The molecule has 4 aromatic heterocycles. The number of amides is 1. The van der Waals surface area contributed by atoms with Crippen LogP contribution in [0.25, 0.3) is 11.4 Å². The Hall–Kier alpha value is -4.15. The summed E-state index contributed by atoms with van der Waals surface area (Å²) in [6, 6.07) is 12.8. The minimum Gasteiger partial charge on any atom is -0.382 e. The summed E-state index contributed by atoms with van der Waals surface area (Å²) in [5, 5.41) is 10.8. The maximum absolute atomic E-state index is 13.2. The fraction of sp³-hybridized carbons (Fsp3) is 0.269. The fourth-order valence-electron chi connectivity index (χ4n) is 3.44. The molecule has 4 rings (SSSR count). The molecule has 0 spiro atoms. The lowest BCUT2D eigenvalue weighted by Crippen LogP contribution is -2.14. The van der Waals surface area contributed by atoms with Crippen molar-refractivity contribution in [3.63, 3.8) is 0 Å². The molecule has 0 radical (unpaired) electrons. The molecule has 0 aliphatic carbocycles. The van der Waals surface area contributed by atoms with Gasteiger partial charge >= 0.3 is 0 Å². The van der Waals surface area contributed by atoms with E-state index in [-0.39, 0.29) is 11.6 Å². The van der Waals surface area contributed by atoms with E-state index in [0.717, 1.165) is 16.9 Å². The largest absolute Gasteiger partial charge is 0.382 e. The van der Waals surface area contributed by atoms with Gasteiger partial charge in [0.05, 0.1) is 37.7 Å². The van der Waals surface area contributed by atoms with Crippen molar-refractivity contribution in [3.05, 3.63) is 78.0 Å². The Kier molecular flexibility index (Phi) is 8.32. The summed E-state index contributed by atoms with van der Waals surface area (Å²) in [6.07, 6.45) is 5.26. The van der Waals surface area contributed by atoms with E-state index in [1.807, 2.05) is 44.2 Å². The molecule has 0 saturated carbocycles. The van der Waals surface area contributed by atoms with Crippen LogP contribution < -0.4 is 10.6 Å². The number of anilines is 3. The number of hydrogen-bond donors (Lipinski definition) is 2. The second-order valence-electron chi connectivity index (χ2n) is 8.10. The van der Waals surface area contributed by atoms with Gasteiger partial charge in [0.2, 0.25) is 0 Å². The van der Waals surface area contributed by atoms with Gasteiger partial charge in [0.15, 0.2) is 0 Å². The molecule has 0 unspecified atom stereocenters. The Labute approximate surface area is 209 Å². The Morgan fingerprint density at radius 1 is 1.03 bits per heavy atom. The molecular weight excluding hydrogens is 458 g/mol. The number of aromatic nitrogens is 5. The Balaban J connectivity index is 1.52. The number of carbonyl (C=O) groups is 1. The zero-order chi connectivity index (χ0) is 25.3. The van der Waals surface area contributed by atoms with Gasteiger partial charge in [-0.15, -0.1) is 0 Å². The molecule has 186 valence electrons. The molecule has 2 N–H and O–H groups in total. The summed E-state index contributed by atoms with van der Waals surface area (Å²) in [5.74, 6) is 0.208. The van der Waals surface area contributed by atoms with Crippen LogP contribution in [0, 0.1) is 13.8 Å². The molecule has 1 amide bonds. The van der Waals surface area contributed by atoms with Gasteiger partial charge in [-0.05, 0) is 49.7 Å². The smallest absolute Gasteiger partial charge is 0.274 e. The highest BCUT2D eigenvalue weighted by molar-refractivity contribution is 6.04. The molecule has 0 fully saturated rings. The van der Waals surface area contributed by atoms with Crippen molar-refractivity contribution in [2.24, 2.45) is 0 Å². The second kappa shape index (κ2) is 12.0. The molecule has 0 bridgehead atoms. The zero-order valence-electron chi connectivity index (χ0n) is 20.6. The summed E-state index contributed by atoms with van der Waals surface area (Å²) >= 11 is 0. The Bertz CT molecular complexity index is 1310. The lowest BCUT2D eigenvalue weighted by molar-refractivity contribution is 0.0654. The summed E-state index contributed by atoms with van der Waals surface area (Å²) < 4.78 is 12.3. The molecule has 4 aromatic rings. The van der Waals surface area contributed by atoms with Crippen molar-refractivity contribution in [1.29, 1.82) is 0 Å². The third kappa shape index (κ3) is 6.49. The number of ether oxygens (including phenoxy) is 2. The first kappa shape index (κ1) is 25.0. The van der Waals surface area contributed by atoms with Gasteiger partial charge in [-0.3, -0.25) is 19.4 Å². The van der Waals surface area contributed by atoms with Crippen LogP contribution in [-0.4, -0.2) is 57.6 Å². The molecule has 0 aliphatic heterocycles. The number of rotatable bonds is 11. The highest BCUT2D eigenvalue weighted by Gasteiger charge is 2.17. The van der Waals surface area contributed by atoms with Crippen molar-refractivity contribution < 1.29 is 14.3 Å². The summed E-state index contributed by atoms with van der Waals surface area (Å²) in [6.45, 7) is 5.90. The van der Waals surface area contributed by atoms with Gasteiger partial charge < -0.3 is 20.1 Å². The van der Waals surface area contributed by atoms with Crippen LogP contribution in [-0.2, 0) is 16.0 Å². The molecule has 0 atom stereocenters. The van der Waals surface area contributed by atoms with E-state index in [0.29, 0.717) is 49.3 Å². The van der Waals surface area contributed by atoms with Crippen molar-refractivity contribution >= 4 is 23.1 Å². The van der Waals surface area contributed by atoms with E-state index in [2.05, 4.69) is 30.7 Å². The highest BCUT2D eigenvalue weighted by Crippen LogP contribution is 2.25. The van der Waals surface area contributed by atoms with Crippen LogP contribution in [0.4, 0.5) is 17.2 Å². The SMILES string of the molecule is COCCOCCn1cc(NC(=O)c2cccc(Nc3cc(C)ncc3C)n2)c(-c2ccccn2)n1. The lowest BCUT2D eigenvalue weighted by atomic mass is 10.2. The molecule has 10 heteroatoms. The van der Waals surface area contributed by atoms with Gasteiger partial charge in [-0.25, -0.2) is 4.98 Å². The average Bonchev–Trinajstić information content (AvgIpc) is 3.29. The first-order chi connectivity index (χ1) is 17.5. The van der Waals surface area contributed by atoms with E-state index in [4.69, 9.17) is 9.47 Å².